The zero-order valence-electron chi connectivity index (χ0n) is 24.2. The molecule has 0 radical (unpaired) electrons. The van der Waals surface area contributed by atoms with Gasteiger partial charge in [-0.25, -0.2) is 9.97 Å². The van der Waals surface area contributed by atoms with Crippen LogP contribution in [0.25, 0.3) is 11.3 Å². The molecule has 0 spiro atoms. The number of rotatable bonds is 10. The Kier molecular flexibility index (Phi) is 8.75. The standard InChI is InChI=1S/C37H31N5OS/c1-27-19-20-32(24-34(27)42-36-39-23-21-33(41-36)28-12-11-22-38-25-28)40-35(43)26-44-37(29-13-5-2-6-14-29,30-15-7-3-8-16-30)31-17-9-4-10-18-31/h2-25H,26H2,1H3,(H,40,43)(H,39,41,42). The minimum atomic E-state index is -0.572. The van der Waals surface area contributed by atoms with Crippen LogP contribution in [-0.4, -0.2) is 26.6 Å². The number of thioether (sulfide) groups is 1. The van der Waals surface area contributed by atoms with Gasteiger partial charge in [-0.2, -0.15) is 0 Å². The van der Waals surface area contributed by atoms with Crippen molar-refractivity contribution >= 4 is 35.0 Å². The van der Waals surface area contributed by atoms with Crippen LogP contribution in [0.3, 0.4) is 0 Å². The maximum atomic E-state index is 13.5. The lowest BCUT2D eigenvalue weighted by Crippen LogP contribution is -2.28. The fourth-order valence-electron chi connectivity index (χ4n) is 5.19. The van der Waals surface area contributed by atoms with Crippen LogP contribution in [0.15, 0.2) is 146 Å². The summed E-state index contributed by atoms with van der Waals surface area (Å²) in [5, 5.41) is 6.43. The van der Waals surface area contributed by atoms with Crippen molar-refractivity contribution in [2.75, 3.05) is 16.4 Å². The van der Waals surface area contributed by atoms with Crippen molar-refractivity contribution in [1.82, 2.24) is 15.0 Å². The number of carbonyl (C=O) groups is 1. The molecule has 1 amide bonds. The first kappa shape index (κ1) is 28.8. The van der Waals surface area contributed by atoms with Crippen molar-refractivity contribution in [3.8, 4) is 11.3 Å². The number of amides is 1. The SMILES string of the molecule is Cc1ccc(NC(=O)CSC(c2ccccc2)(c2ccccc2)c2ccccc2)cc1Nc1nccc(-c2cccnc2)n1. The molecule has 2 heterocycles. The van der Waals surface area contributed by atoms with Gasteiger partial charge in [0.05, 0.1) is 16.2 Å². The molecule has 0 saturated carbocycles. The predicted octanol–water partition coefficient (Wildman–Crippen LogP) is 8.25. The number of aromatic nitrogens is 3. The Morgan fingerprint density at radius 2 is 1.39 bits per heavy atom. The Balaban J connectivity index is 1.23. The normalized spacial score (nSPS) is 11.1. The highest BCUT2D eigenvalue weighted by Gasteiger charge is 2.37. The molecule has 0 aliphatic carbocycles. The van der Waals surface area contributed by atoms with E-state index in [4.69, 9.17) is 0 Å². The molecule has 0 fully saturated rings. The maximum absolute atomic E-state index is 13.5. The number of anilines is 3. The lowest BCUT2D eigenvalue weighted by Gasteiger charge is -2.35. The molecule has 6 aromatic rings. The number of carbonyl (C=O) groups excluding carboxylic acids is 1. The van der Waals surface area contributed by atoms with Gasteiger partial charge >= 0.3 is 0 Å². The molecule has 2 aromatic heterocycles. The van der Waals surface area contributed by atoms with Crippen LogP contribution in [0.4, 0.5) is 17.3 Å². The molecular formula is C37H31N5OS. The Hall–Kier alpha value is -5.27. The first-order valence-electron chi connectivity index (χ1n) is 14.3. The molecule has 0 atom stereocenters. The molecule has 0 bridgehead atoms. The summed E-state index contributed by atoms with van der Waals surface area (Å²) in [7, 11) is 0. The van der Waals surface area contributed by atoms with Gasteiger partial charge in [-0.15, -0.1) is 11.8 Å². The fourth-order valence-corrected chi connectivity index (χ4v) is 6.52. The lowest BCUT2D eigenvalue weighted by molar-refractivity contribution is -0.113. The number of aryl methyl sites for hydroxylation is 1. The molecule has 216 valence electrons. The largest absolute Gasteiger partial charge is 0.325 e. The van der Waals surface area contributed by atoms with Crippen LogP contribution in [0.5, 0.6) is 0 Å². The zero-order valence-corrected chi connectivity index (χ0v) is 25.0. The molecule has 4 aromatic carbocycles. The first-order chi connectivity index (χ1) is 21.6. The van der Waals surface area contributed by atoms with Gasteiger partial charge in [0.2, 0.25) is 11.9 Å². The molecular weight excluding hydrogens is 563 g/mol. The van der Waals surface area contributed by atoms with Gasteiger partial charge in [0, 0.05) is 35.5 Å². The summed E-state index contributed by atoms with van der Waals surface area (Å²) in [5.74, 6) is 0.615. The van der Waals surface area contributed by atoms with E-state index in [1.165, 1.54) is 0 Å². The number of hydrogen-bond donors (Lipinski definition) is 2. The van der Waals surface area contributed by atoms with Crippen molar-refractivity contribution in [2.45, 2.75) is 11.7 Å². The van der Waals surface area contributed by atoms with Crippen molar-refractivity contribution < 1.29 is 4.79 Å². The molecule has 0 aliphatic heterocycles. The minimum Gasteiger partial charge on any atom is -0.325 e. The summed E-state index contributed by atoms with van der Waals surface area (Å²) in [6.07, 6.45) is 5.22. The molecule has 7 heteroatoms. The molecule has 6 nitrogen and oxygen atoms in total. The maximum Gasteiger partial charge on any atom is 0.234 e. The molecule has 0 aliphatic rings. The predicted molar refractivity (Wildman–Crippen MR) is 180 cm³/mol. The Morgan fingerprint density at radius 1 is 0.750 bits per heavy atom. The van der Waals surface area contributed by atoms with Gasteiger partial charge in [0.25, 0.3) is 0 Å². The highest BCUT2D eigenvalue weighted by Crippen LogP contribution is 2.48. The molecule has 44 heavy (non-hydrogen) atoms. The van der Waals surface area contributed by atoms with Gasteiger partial charge in [-0.05, 0) is 59.5 Å². The van der Waals surface area contributed by atoms with Gasteiger partial charge in [0.1, 0.15) is 0 Å². The lowest BCUT2D eigenvalue weighted by atomic mass is 9.84. The van der Waals surface area contributed by atoms with E-state index in [2.05, 4.69) is 62.0 Å². The molecule has 0 saturated heterocycles. The Bertz CT molecular complexity index is 1740. The van der Waals surface area contributed by atoms with E-state index in [1.807, 2.05) is 97.9 Å². The van der Waals surface area contributed by atoms with Crippen LogP contribution in [0.2, 0.25) is 0 Å². The smallest absolute Gasteiger partial charge is 0.234 e. The monoisotopic (exact) mass is 593 g/mol. The minimum absolute atomic E-state index is 0.0909. The number of pyridine rings is 1. The molecule has 6 rings (SSSR count). The van der Waals surface area contributed by atoms with E-state index in [0.717, 1.165) is 39.2 Å². The molecule has 0 unspecified atom stereocenters. The van der Waals surface area contributed by atoms with E-state index in [-0.39, 0.29) is 11.7 Å². The van der Waals surface area contributed by atoms with Crippen molar-refractivity contribution in [3.63, 3.8) is 0 Å². The Morgan fingerprint density at radius 3 is 1.98 bits per heavy atom. The van der Waals surface area contributed by atoms with E-state index in [9.17, 15) is 4.79 Å². The number of nitrogens with one attached hydrogen (secondary N) is 2. The average Bonchev–Trinajstić information content (AvgIpc) is 3.08. The van der Waals surface area contributed by atoms with Crippen LogP contribution < -0.4 is 10.6 Å². The summed E-state index contributed by atoms with van der Waals surface area (Å²) in [4.78, 5) is 26.8. The summed E-state index contributed by atoms with van der Waals surface area (Å²) in [5.41, 5.74) is 7.53. The molecule has 2 N–H and O–H groups in total. The highest BCUT2D eigenvalue weighted by atomic mass is 32.2. The van der Waals surface area contributed by atoms with Crippen LogP contribution in [0, 0.1) is 6.92 Å². The second kappa shape index (κ2) is 13.4. The third-order valence-electron chi connectivity index (χ3n) is 7.34. The topological polar surface area (TPSA) is 79.8 Å². The van der Waals surface area contributed by atoms with Gasteiger partial charge in [0.15, 0.2) is 0 Å². The summed E-state index contributed by atoms with van der Waals surface area (Å²) in [6, 6.07) is 42.6. The summed E-state index contributed by atoms with van der Waals surface area (Å²) in [6.45, 7) is 2.00. The van der Waals surface area contributed by atoms with E-state index in [1.54, 1.807) is 30.4 Å². The second-order valence-electron chi connectivity index (χ2n) is 10.3. The highest BCUT2D eigenvalue weighted by molar-refractivity contribution is 8.01. The van der Waals surface area contributed by atoms with Gasteiger partial charge in [-0.1, -0.05) is 97.1 Å². The van der Waals surface area contributed by atoms with E-state index in [0.29, 0.717) is 11.6 Å². The quantitative estimate of drug-likeness (QED) is 0.156. The number of hydrogen-bond acceptors (Lipinski definition) is 6. The van der Waals surface area contributed by atoms with E-state index < -0.39 is 4.75 Å². The van der Waals surface area contributed by atoms with E-state index >= 15 is 0 Å². The summed E-state index contributed by atoms with van der Waals surface area (Å²) < 4.78 is -0.572. The van der Waals surface area contributed by atoms with Crippen LogP contribution in [-0.2, 0) is 9.54 Å². The van der Waals surface area contributed by atoms with Crippen molar-refractivity contribution in [2.24, 2.45) is 0 Å². The zero-order chi connectivity index (χ0) is 30.2. The second-order valence-corrected chi connectivity index (χ2v) is 11.5. The van der Waals surface area contributed by atoms with Gasteiger partial charge in [-0.3, -0.25) is 9.78 Å². The van der Waals surface area contributed by atoms with Crippen molar-refractivity contribution in [1.29, 1.82) is 0 Å². The van der Waals surface area contributed by atoms with Gasteiger partial charge < -0.3 is 10.6 Å². The fraction of sp³-hybridized carbons (Fsp3) is 0.0811. The number of nitrogens with zero attached hydrogens (tertiary/aromatic N) is 3. The summed E-state index contributed by atoms with van der Waals surface area (Å²) >= 11 is 1.61. The Labute approximate surface area is 261 Å². The third-order valence-corrected chi connectivity index (χ3v) is 8.89. The third kappa shape index (κ3) is 6.38. The first-order valence-corrected chi connectivity index (χ1v) is 15.3. The van der Waals surface area contributed by atoms with Crippen LogP contribution in [0.1, 0.15) is 22.3 Å². The number of benzene rings is 4. The average molecular weight is 594 g/mol. The van der Waals surface area contributed by atoms with Crippen LogP contribution >= 0.6 is 11.8 Å². The van der Waals surface area contributed by atoms with Crippen molar-refractivity contribution in [3.05, 3.63) is 168 Å².